The van der Waals surface area contributed by atoms with Gasteiger partial charge in [0.25, 0.3) is 0 Å². The number of hydrogen-bond acceptors (Lipinski definition) is 2. The minimum atomic E-state index is -0.357. The van der Waals surface area contributed by atoms with Crippen LogP contribution in [0.4, 0.5) is 0 Å². The molecule has 0 saturated carbocycles. The molecule has 0 aliphatic carbocycles. The topological polar surface area (TPSA) is 30.2 Å². The summed E-state index contributed by atoms with van der Waals surface area (Å²) in [7, 11) is 0. The van der Waals surface area contributed by atoms with Gasteiger partial charge in [-0.25, -0.2) is 4.79 Å². The van der Waals surface area contributed by atoms with Gasteiger partial charge in [0.05, 0.1) is 0 Å². The standard InChI is InChI=1S/C12H8Cl2O2/c13-11(14)6-5-9-7-8-3-1-2-4-10(8)16-12(9)15/h1-4,6-7H,5H2. The van der Waals surface area contributed by atoms with Gasteiger partial charge in [-0.05, 0) is 18.2 Å². The van der Waals surface area contributed by atoms with E-state index in [9.17, 15) is 4.79 Å². The van der Waals surface area contributed by atoms with E-state index in [4.69, 9.17) is 27.6 Å². The lowest BCUT2D eigenvalue weighted by Gasteiger charge is -1.98. The third kappa shape index (κ3) is 2.46. The van der Waals surface area contributed by atoms with E-state index in [2.05, 4.69) is 0 Å². The quantitative estimate of drug-likeness (QED) is 0.766. The zero-order chi connectivity index (χ0) is 11.5. The minimum absolute atomic E-state index is 0.146. The fourth-order valence-corrected chi connectivity index (χ4v) is 1.59. The highest BCUT2D eigenvalue weighted by Crippen LogP contribution is 2.14. The number of hydrogen-bond donors (Lipinski definition) is 0. The van der Waals surface area contributed by atoms with Crippen molar-refractivity contribution in [3.63, 3.8) is 0 Å². The first-order valence-corrected chi connectivity index (χ1v) is 5.45. The second-order valence-electron chi connectivity index (χ2n) is 3.29. The van der Waals surface area contributed by atoms with E-state index in [0.717, 1.165) is 5.39 Å². The predicted octanol–water partition coefficient (Wildman–Crippen LogP) is 3.65. The highest BCUT2D eigenvalue weighted by Gasteiger charge is 2.03. The van der Waals surface area contributed by atoms with Gasteiger partial charge in [0.1, 0.15) is 10.1 Å². The van der Waals surface area contributed by atoms with Gasteiger partial charge in [0, 0.05) is 17.4 Å². The average molecular weight is 255 g/mol. The van der Waals surface area contributed by atoms with Crippen LogP contribution < -0.4 is 5.63 Å². The van der Waals surface area contributed by atoms with Crippen LogP contribution in [0.1, 0.15) is 5.56 Å². The fraction of sp³-hybridized carbons (Fsp3) is 0.0833. The molecule has 16 heavy (non-hydrogen) atoms. The molecular weight excluding hydrogens is 247 g/mol. The van der Waals surface area contributed by atoms with Crippen LogP contribution in [0.2, 0.25) is 0 Å². The normalized spacial score (nSPS) is 10.4. The zero-order valence-electron chi connectivity index (χ0n) is 8.24. The molecule has 0 N–H and O–H groups in total. The Morgan fingerprint density at radius 3 is 2.81 bits per heavy atom. The average Bonchev–Trinajstić information content (AvgIpc) is 2.26. The van der Waals surface area contributed by atoms with Crippen molar-refractivity contribution in [3.8, 4) is 0 Å². The molecule has 0 unspecified atom stereocenters. The third-order valence-corrected chi connectivity index (χ3v) is 2.50. The summed E-state index contributed by atoms with van der Waals surface area (Å²) in [5.41, 5.74) is 0.763. The third-order valence-electron chi connectivity index (χ3n) is 2.19. The molecule has 2 aromatic rings. The van der Waals surface area contributed by atoms with E-state index in [1.165, 1.54) is 0 Å². The van der Waals surface area contributed by atoms with Crippen molar-refractivity contribution in [2.75, 3.05) is 0 Å². The summed E-state index contributed by atoms with van der Waals surface area (Å²) < 4.78 is 5.30. The summed E-state index contributed by atoms with van der Waals surface area (Å²) in [6.45, 7) is 0. The van der Waals surface area contributed by atoms with Gasteiger partial charge in [-0.15, -0.1) is 0 Å². The second-order valence-corrected chi connectivity index (χ2v) is 4.30. The highest BCUT2D eigenvalue weighted by atomic mass is 35.5. The Bertz CT molecular complexity index is 595. The molecule has 2 rings (SSSR count). The summed E-state index contributed by atoms with van der Waals surface area (Å²) in [6.07, 6.45) is 1.93. The number of allylic oxidation sites excluding steroid dienone is 1. The van der Waals surface area contributed by atoms with Gasteiger partial charge in [0.2, 0.25) is 0 Å². The van der Waals surface area contributed by atoms with Crippen molar-refractivity contribution >= 4 is 34.2 Å². The summed E-state index contributed by atoms with van der Waals surface area (Å²) in [6, 6.07) is 9.13. The van der Waals surface area contributed by atoms with E-state index in [0.29, 0.717) is 17.6 Å². The monoisotopic (exact) mass is 254 g/mol. The molecule has 0 spiro atoms. The van der Waals surface area contributed by atoms with Crippen LogP contribution in [0.25, 0.3) is 11.0 Å². The Morgan fingerprint density at radius 1 is 1.31 bits per heavy atom. The molecule has 4 heteroatoms. The summed E-state index contributed by atoms with van der Waals surface area (Å²) >= 11 is 11.0. The molecule has 0 bridgehead atoms. The van der Waals surface area contributed by atoms with E-state index >= 15 is 0 Å². The molecule has 1 heterocycles. The maximum absolute atomic E-state index is 11.6. The van der Waals surface area contributed by atoms with Crippen LogP contribution in [-0.4, -0.2) is 0 Å². The van der Waals surface area contributed by atoms with Crippen molar-refractivity contribution in [1.82, 2.24) is 0 Å². The van der Waals surface area contributed by atoms with Gasteiger partial charge in [-0.1, -0.05) is 41.4 Å². The van der Waals surface area contributed by atoms with Crippen molar-refractivity contribution in [1.29, 1.82) is 0 Å². The summed E-state index contributed by atoms with van der Waals surface area (Å²) in [5.74, 6) is 0. The first-order chi connectivity index (χ1) is 7.66. The maximum Gasteiger partial charge on any atom is 0.339 e. The van der Waals surface area contributed by atoms with Crippen molar-refractivity contribution < 1.29 is 4.42 Å². The first kappa shape index (κ1) is 11.2. The van der Waals surface area contributed by atoms with E-state index in [-0.39, 0.29) is 10.1 Å². The first-order valence-electron chi connectivity index (χ1n) is 4.70. The molecule has 0 amide bonds. The minimum Gasteiger partial charge on any atom is -0.423 e. The zero-order valence-corrected chi connectivity index (χ0v) is 9.76. The molecule has 0 atom stereocenters. The Morgan fingerprint density at radius 2 is 2.06 bits per heavy atom. The Labute approximate surface area is 102 Å². The number of halogens is 2. The van der Waals surface area contributed by atoms with Crippen molar-refractivity contribution in [2.45, 2.75) is 6.42 Å². The Hall–Kier alpha value is -1.25. The second kappa shape index (κ2) is 4.73. The highest BCUT2D eigenvalue weighted by molar-refractivity contribution is 6.55. The predicted molar refractivity (Wildman–Crippen MR) is 66.0 cm³/mol. The lowest BCUT2D eigenvalue weighted by molar-refractivity contribution is 0.553. The van der Waals surface area contributed by atoms with Gasteiger partial charge in [-0.2, -0.15) is 0 Å². The smallest absolute Gasteiger partial charge is 0.339 e. The number of para-hydroxylation sites is 1. The molecule has 82 valence electrons. The largest absolute Gasteiger partial charge is 0.423 e. The molecule has 0 radical (unpaired) electrons. The van der Waals surface area contributed by atoms with Gasteiger partial charge in [-0.3, -0.25) is 0 Å². The maximum atomic E-state index is 11.6. The molecule has 0 aliphatic rings. The van der Waals surface area contributed by atoms with Crippen molar-refractivity contribution in [2.24, 2.45) is 0 Å². The summed E-state index contributed by atoms with van der Waals surface area (Å²) in [4.78, 5) is 11.6. The van der Waals surface area contributed by atoms with Gasteiger partial charge in [0.15, 0.2) is 0 Å². The SMILES string of the molecule is O=c1oc2ccccc2cc1CC=C(Cl)Cl. The lowest BCUT2D eigenvalue weighted by Crippen LogP contribution is -2.05. The van der Waals surface area contributed by atoms with Crippen LogP contribution in [0, 0.1) is 0 Å². The van der Waals surface area contributed by atoms with E-state index < -0.39 is 0 Å². The van der Waals surface area contributed by atoms with Crippen molar-refractivity contribution in [3.05, 3.63) is 56.9 Å². The van der Waals surface area contributed by atoms with Gasteiger partial charge < -0.3 is 4.42 Å². The number of benzene rings is 1. The molecular formula is C12H8Cl2O2. The number of rotatable bonds is 2. The van der Waals surface area contributed by atoms with Crippen LogP contribution in [0.5, 0.6) is 0 Å². The van der Waals surface area contributed by atoms with E-state index in [1.54, 1.807) is 18.2 Å². The van der Waals surface area contributed by atoms with Crippen LogP contribution >= 0.6 is 23.2 Å². The van der Waals surface area contributed by atoms with E-state index in [1.807, 2.05) is 18.2 Å². The van der Waals surface area contributed by atoms with Crippen LogP contribution in [0.3, 0.4) is 0 Å². The Balaban J connectivity index is 2.50. The summed E-state index contributed by atoms with van der Waals surface area (Å²) in [5, 5.41) is 0.885. The molecule has 1 aromatic carbocycles. The molecule has 0 saturated heterocycles. The van der Waals surface area contributed by atoms with Crippen LogP contribution in [0.15, 0.2) is 50.1 Å². The molecule has 0 fully saturated rings. The lowest BCUT2D eigenvalue weighted by atomic mass is 10.1. The Kier molecular flexibility index (Phi) is 3.32. The molecule has 1 aromatic heterocycles. The number of fused-ring (bicyclic) bond motifs is 1. The van der Waals surface area contributed by atoms with Crippen LogP contribution in [-0.2, 0) is 6.42 Å². The molecule has 2 nitrogen and oxygen atoms in total. The fourth-order valence-electron chi connectivity index (χ4n) is 1.43. The van der Waals surface area contributed by atoms with Gasteiger partial charge >= 0.3 is 5.63 Å². The molecule has 0 aliphatic heterocycles.